The largest absolute Gasteiger partial charge is 0.392 e. The third-order valence-corrected chi connectivity index (χ3v) is 4.41. The lowest BCUT2D eigenvalue weighted by molar-refractivity contribution is 0.0138. The van der Waals surface area contributed by atoms with Gasteiger partial charge in [0.25, 0.3) is 5.91 Å². The molecule has 5 heteroatoms. The summed E-state index contributed by atoms with van der Waals surface area (Å²) in [4.78, 5) is 27.4. The van der Waals surface area contributed by atoms with E-state index < -0.39 is 11.5 Å². The molecule has 0 spiro atoms. The molecule has 134 valence electrons. The molecule has 0 fully saturated rings. The number of carbonyl (C=O) groups excluding carboxylic acids is 2. The van der Waals surface area contributed by atoms with Gasteiger partial charge < -0.3 is 15.4 Å². The zero-order valence-electron chi connectivity index (χ0n) is 15.2. The first kappa shape index (κ1) is 18.9. The summed E-state index contributed by atoms with van der Waals surface area (Å²) in [7, 11) is 0. The van der Waals surface area contributed by atoms with Crippen molar-refractivity contribution >= 4 is 11.7 Å². The Morgan fingerprint density at radius 2 is 1.68 bits per heavy atom. The zero-order chi connectivity index (χ0) is 18.6. The molecule has 2 rings (SSSR count). The Labute approximate surface area is 148 Å². The third-order valence-electron chi connectivity index (χ3n) is 4.41. The van der Waals surface area contributed by atoms with E-state index in [1.54, 1.807) is 42.7 Å². The van der Waals surface area contributed by atoms with Crippen LogP contribution in [0.4, 0.5) is 0 Å². The molecule has 2 aromatic rings. The van der Waals surface area contributed by atoms with E-state index in [2.05, 4.69) is 10.3 Å². The monoisotopic (exact) mass is 342 g/mol. The van der Waals surface area contributed by atoms with Crippen LogP contribution in [0.2, 0.25) is 0 Å². The molecule has 0 bridgehead atoms. The van der Waals surface area contributed by atoms with E-state index in [0.29, 0.717) is 23.2 Å². The third kappa shape index (κ3) is 4.57. The van der Waals surface area contributed by atoms with Gasteiger partial charge in [-0.25, -0.2) is 0 Å². The minimum Gasteiger partial charge on any atom is -0.392 e. The summed E-state index contributed by atoms with van der Waals surface area (Å²) in [6, 6.07) is 8.30. The number of nitrogens with one attached hydrogen (secondary N) is 2. The standard InChI is InChI=1S/C20H26N2O3/c1-13(2)18(24)20(3,4)12-22-19(25)15-7-5-14(6-8-15)17(23)16-9-10-21-11-16/h5-11,13,18,21,24H,12H2,1-4H3,(H,22,25). The van der Waals surface area contributed by atoms with Gasteiger partial charge in [-0.3, -0.25) is 9.59 Å². The summed E-state index contributed by atoms with van der Waals surface area (Å²) in [5.74, 6) is -0.190. The Morgan fingerprint density at radius 3 is 2.20 bits per heavy atom. The van der Waals surface area contributed by atoms with Crippen LogP contribution in [0.15, 0.2) is 42.7 Å². The van der Waals surface area contributed by atoms with Crippen LogP contribution in [0.1, 0.15) is 54.0 Å². The maximum atomic E-state index is 12.3. The number of amides is 1. The molecule has 1 amide bonds. The highest BCUT2D eigenvalue weighted by molar-refractivity contribution is 6.09. The summed E-state index contributed by atoms with van der Waals surface area (Å²) in [6.45, 7) is 8.13. The minimum absolute atomic E-state index is 0.0885. The Hall–Kier alpha value is -2.40. The SMILES string of the molecule is CC(C)C(O)C(C)(C)CNC(=O)c1ccc(C(=O)c2cc[nH]c2)cc1. The Kier molecular flexibility index (Phi) is 5.80. The maximum Gasteiger partial charge on any atom is 0.251 e. The molecule has 1 unspecified atom stereocenters. The smallest absolute Gasteiger partial charge is 0.251 e. The molecule has 1 aromatic heterocycles. The Balaban J connectivity index is 2.00. The number of H-pyrrole nitrogens is 1. The molecule has 1 heterocycles. The molecular formula is C20H26N2O3. The fraction of sp³-hybridized carbons (Fsp3) is 0.400. The summed E-state index contributed by atoms with van der Waals surface area (Å²) in [5.41, 5.74) is 1.18. The van der Waals surface area contributed by atoms with E-state index in [0.717, 1.165) is 0 Å². The van der Waals surface area contributed by atoms with E-state index in [1.807, 2.05) is 27.7 Å². The van der Waals surface area contributed by atoms with Gasteiger partial charge in [-0.2, -0.15) is 0 Å². The normalized spacial score (nSPS) is 12.9. The van der Waals surface area contributed by atoms with Crippen LogP contribution in [0, 0.1) is 11.3 Å². The molecule has 0 saturated heterocycles. The Morgan fingerprint density at radius 1 is 1.08 bits per heavy atom. The van der Waals surface area contributed by atoms with Crippen molar-refractivity contribution in [2.45, 2.75) is 33.8 Å². The van der Waals surface area contributed by atoms with Crippen LogP contribution < -0.4 is 5.32 Å². The highest BCUT2D eigenvalue weighted by Crippen LogP contribution is 2.25. The topological polar surface area (TPSA) is 82.2 Å². The number of rotatable bonds is 7. The fourth-order valence-electron chi connectivity index (χ4n) is 2.82. The quantitative estimate of drug-likeness (QED) is 0.677. The zero-order valence-corrected chi connectivity index (χ0v) is 15.2. The molecule has 3 N–H and O–H groups in total. The van der Waals surface area contributed by atoms with Crippen LogP contribution in [-0.4, -0.2) is 34.4 Å². The molecule has 1 aromatic carbocycles. The number of carbonyl (C=O) groups is 2. The first-order chi connectivity index (χ1) is 11.7. The van der Waals surface area contributed by atoms with E-state index in [9.17, 15) is 14.7 Å². The lowest BCUT2D eigenvalue weighted by Crippen LogP contribution is -2.43. The predicted octanol–water partition coefficient (Wildman–Crippen LogP) is 3.02. The second-order valence-corrected chi connectivity index (χ2v) is 7.37. The lowest BCUT2D eigenvalue weighted by Gasteiger charge is -2.33. The number of aromatic amines is 1. The average Bonchev–Trinajstić information content (AvgIpc) is 3.13. The van der Waals surface area contributed by atoms with Crippen LogP contribution >= 0.6 is 0 Å². The van der Waals surface area contributed by atoms with Gasteiger partial charge >= 0.3 is 0 Å². The number of ketones is 1. The fourth-order valence-corrected chi connectivity index (χ4v) is 2.82. The van der Waals surface area contributed by atoms with Crippen molar-refractivity contribution in [3.63, 3.8) is 0 Å². The van der Waals surface area contributed by atoms with Gasteiger partial charge in [0, 0.05) is 41.0 Å². The molecular weight excluding hydrogens is 316 g/mol. The number of aliphatic hydroxyl groups is 1. The second-order valence-electron chi connectivity index (χ2n) is 7.37. The van der Waals surface area contributed by atoms with E-state index in [4.69, 9.17) is 0 Å². The van der Waals surface area contributed by atoms with Gasteiger partial charge in [0.1, 0.15) is 0 Å². The van der Waals surface area contributed by atoms with Gasteiger partial charge in [0.2, 0.25) is 0 Å². The van der Waals surface area contributed by atoms with Crippen LogP contribution in [0.3, 0.4) is 0 Å². The highest BCUT2D eigenvalue weighted by atomic mass is 16.3. The number of aromatic nitrogens is 1. The van der Waals surface area contributed by atoms with Crippen molar-refractivity contribution in [2.75, 3.05) is 6.54 Å². The van der Waals surface area contributed by atoms with Crippen molar-refractivity contribution < 1.29 is 14.7 Å². The summed E-state index contributed by atoms with van der Waals surface area (Å²) in [6.07, 6.45) is 2.84. The molecule has 0 saturated carbocycles. The second kappa shape index (κ2) is 7.66. The first-order valence-electron chi connectivity index (χ1n) is 8.46. The number of benzene rings is 1. The Bertz CT molecular complexity index is 716. The number of hydrogen-bond acceptors (Lipinski definition) is 3. The number of aliphatic hydroxyl groups excluding tert-OH is 1. The molecule has 0 radical (unpaired) electrons. The van der Waals surface area contributed by atoms with E-state index in [-0.39, 0.29) is 17.6 Å². The van der Waals surface area contributed by atoms with Gasteiger partial charge in [-0.05, 0) is 24.1 Å². The minimum atomic E-state index is -0.505. The van der Waals surface area contributed by atoms with E-state index >= 15 is 0 Å². The molecule has 1 atom stereocenters. The van der Waals surface area contributed by atoms with Crippen molar-refractivity contribution in [2.24, 2.45) is 11.3 Å². The average molecular weight is 342 g/mol. The summed E-state index contributed by atoms with van der Waals surface area (Å²) in [5, 5.41) is 13.1. The predicted molar refractivity (Wildman–Crippen MR) is 97.6 cm³/mol. The maximum absolute atomic E-state index is 12.3. The molecule has 25 heavy (non-hydrogen) atoms. The van der Waals surface area contributed by atoms with Crippen molar-refractivity contribution in [1.29, 1.82) is 0 Å². The highest BCUT2D eigenvalue weighted by Gasteiger charge is 2.30. The van der Waals surface area contributed by atoms with Crippen molar-refractivity contribution in [3.8, 4) is 0 Å². The van der Waals surface area contributed by atoms with E-state index in [1.165, 1.54) is 0 Å². The van der Waals surface area contributed by atoms with Gasteiger partial charge in [-0.15, -0.1) is 0 Å². The van der Waals surface area contributed by atoms with Crippen molar-refractivity contribution in [3.05, 3.63) is 59.4 Å². The van der Waals surface area contributed by atoms with Gasteiger partial charge in [-0.1, -0.05) is 39.8 Å². The van der Waals surface area contributed by atoms with Gasteiger partial charge in [0.05, 0.1) is 6.10 Å². The van der Waals surface area contributed by atoms with Crippen LogP contribution in [-0.2, 0) is 0 Å². The number of hydrogen-bond donors (Lipinski definition) is 3. The molecule has 5 nitrogen and oxygen atoms in total. The van der Waals surface area contributed by atoms with Crippen LogP contribution in [0.5, 0.6) is 0 Å². The lowest BCUT2D eigenvalue weighted by atomic mass is 9.80. The van der Waals surface area contributed by atoms with Crippen LogP contribution in [0.25, 0.3) is 0 Å². The van der Waals surface area contributed by atoms with Gasteiger partial charge in [0.15, 0.2) is 5.78 Å². The molecule has 0 aliphatic carbocycles. The van der Waals surface area contributed by atoms with Crippen molar-refractivity contribution in [1.82, 2.24) is 10.3 Å². The molecule has 0 aliphatic rings. The summed E-state index contributed by atoms with van der Waals surface area (Å²) < 4.78 is 0. The first-order valence-corrected chi connectivity index (χ1v) is 8.46. The molecule has 0 aliphatic heterocycles. The summed E-state index contributed by atoms with van der Waals surface area (Å²) >= 11 is 0.